The van der Waals surface area contributed by atoms with E-state index in [2.05, 4.69) is 0 Å². The van der Waals surface area contributed by atoms with Gasteiger partial charge in [0, 0.05) is 30.6 Å². The Morgan fingerprint density at radius 1 is 1.32 bits per heavy atom. The Bertz CT molecular complexity index is 470. The largest absolute Gasteiger partial charge is 0.496 e. The third kappa shape index (κ3) is 3.34. The van der Waals surface area contributed by atoms with E-state index in [1.807, 2.05) is 4.90 Å². The summed E-state index contributed by atoms with van der Waals surface area (Å²) in [5, 5.41) is 0. The van der Waals surface area contributed by atoms with Crippen molar-refractivity contribution in [3.63, 3.8) is 0 Å². The van der Waals surface area contributed by atoms with Gasteiger partial charge in [-0.1, -0.05) is 6.42 Å². The fourth-order valence-electron chi connectivity index (χ4n) is 2.41. The van der Waals surface area contributed by atoms with Crippen LogP contribution in [0.25, 0.3) is 0 Å². The highest BCUT2D eigenvalue weighted by atomic mass is 16.5. The average molecular weight is 261 g/mol. The maximum absolute atomic E-state index is 12.0. The van der Waals surface area contributed by atoms with Crippen molar-refractivity contribution in [2.24, 2.45) is 0 Å². The first-order valence-electron chi connectivity index (χ1n) is 6.64. The van der Waals surface area contributed by atoms with Crippen LogP contribution in [0.5, 0.6) is 5.75 Å². The van der Waals surface area contributed by atoms with Gasteiger partial charge < -0.3 is 9.64 Å². The first-order valence-corrected chi connectivity index (χ1v) is 6.64. The lowest BCUT2D eigenvalue weighted by molar-refractivity contribution is -0.131. The van der Waals surface area contributed by atoms with Gasteiger partial charge in [0.15, 0.2) is 0 Å². The number of rotatable bonds is 4. The molecule has 19 heavy (non-hydrogen) atoms. The molecule has 2 rings (SSSR count). The fraction of sp³-hybridized carbons (Fsp3) is 0.467. The summed E-state index contributed by atoms with van der Waals surface area (Å²) in [6, 6.07) is 5.30. The van der Waals surface area contributed by atoms with Gasteiger partial charge in [0.05, 0.1) is 7.11 Å². The molecule has 1 aliphatic rings. The van der Waals surface area contributed by atoms with E-state index in [0.717, 1.165) is 43.4 Å². The number of benzene rings is 1. The number of hydrogen-bond donors (Lipinski definition) is 0. The first-order chi connectivity index (χ1) is 9.24. The van der Waals surface area contributed by atoms with Gasteiger partial charge in [-0.3, -0.25) is 9.59 Å². The Balaban J connectivity index is 2.20. The molecule has 1 aromatic rings. The van der Waals surface area contributed by atoms with Gasteiger partial charge in [0.1, 0.15) is 12.0 Å². The standard InChI is InChI=1S/C15H19NO3/c1-19-14-7-6-12(11-17)9-13(14)10-16-8-4-2-3-5-15(16)18/h6-7,9,11H,2-5,8,10H2,1H3. The number of carbonyl (C=O) groups excluding carboxylic acids is 2. The van der Waals surface area contributed by atoms with E-state index in [1.54, 1.807) is 25.3 Å². The Morgan fingerprint density at radius 3 is 2.89 bits per heavy atom. The van der Waals surface area contributed by atoms with Crippen molar-refractivity contribution in [3.05, 3.63) is 29.3 Å². The molecule has 1 fully saturated rings. The van der Waals surface area contributed by atoms with Crippen LogP contribution in [0.4, 0.5) is 0 Å². The summed E-state index contributed by atoms with van der Waals surface area (Å²) in [5.41, 5.74) is 1.50. The predicted molar refractivity (Wildman–Crippen MR) is 72.3 cm³/mol. The van der Waals surface area contributed by atoms with Crippen LogP contribution in [0.15, 0.2) is 18.2 Å². The van der Waals surface area contributed by atoms with Gasteiger partial charge in [0.25, 0.3) is 0 Å². The van der Waals surface area contributed by atoms with Gasteiger partial charge in [0.2, 0.25) is 5.91 Å². The van der Waals surface area contributed by atoms with E-state index in [4.69, 9.17) is 4.74 Å². The van der Waals surface area contributed by atoms with Crippen molar-refractivity contribution in [2.75, 3.05) is 13.7 Å². The lowest BCUT2D eigenvalue weighted by atomic mass is 10.1. The van der Waals surface area contributed by atoms with Crippen molar-refractivity contribution < 1.29 is 14.3 Å². The molecule has 0 atom stereocenters. The van der Waals surface area contributed by atoms with E-state index in [-0.39, 0.29) is 5.91 Å². The first kappa shape index (κ1) is 13.6. The van der Waals surface area contributed by atoms with Gasteiger partial charge >= 0.3 is 0 Å². The molecule has 102 valence electrons. The molecule has 4 nitrogen and oxygen atoms in total. The summed E-state index contributed by atoms with van der Waals surface area (Å²) in [6.45, 7) is 1.30. The number of ether oxygens (including phenoxy) is 1. The second-order valence-corrected chi connectivity index (χ2v) is 4.82. The van der Waals surface area contributed by atoms with Crippen molar-refractivity contribution in [2.45, 2.75) is 32.2 Å². The van der Waals surface area contributed by atoms with Crippen LogP contribution < -0.4 is 4.74 Å². The molecule has 0 N–H and O–H groups in total. The van der Waals surface area contributed by atoms with Gasteiger partial charge in [-0.05, 0) is 31.0 Å². The molecule has 0 aliphatic carbocycles. The number of nitrogens with zero attached hydrogens (tertiary/aromatic N) is 1. The Morgan fingerprint density at radius 2 is 2.16 bits per heavy atom. The topological polar surface area (TPSA) is 46.6 Å². The van der Waals surface area contributed by atoms with E-state index < -0.39 is 0 Å². The highest BCUT2D eigenvalue weighted by Crippen LogP contribution is 2.23. The van der Waals surface area contributed by atoms with Crippen molar-refractivity contribution >= 4 is 12.2 Å². The number of amides is 1. The summed E-state index contributed by atoms with van der Waals surface area (Å²) in [6.07, 6.45) is 4.55. The third-order valence-electron chi connectivity index (χ3n) is 3.47. The van der Waals surface area contributed by atoms with Crippen LogP contribution in [-0.2, 0) is 11.3 Å². The second-order valence-electron chi connectivity index (χ2n) is 4.82. The molecule has 0 aromatic heterocycles. The Labute approximate surface area is 113 Å². The quantitative estimate of drug-likeness (QED) is 0.782. The minimum Gasteiger partial charge on any atom is -0.496 e. The minimum atomic E-state index is 0.191. The van der Waals surface area contributed by atoms with Crippen LogP contribution in [0.1, 0.15) is 41.6 Å². The average Bonchev–Trinajstić information content (AvgIpc) is 2.64. The monoisotopic (exact) mass is 261 g/mol. The summed E-state index contributed by atoms with van der Waals surface area (Å²) in [4.78, 5) is 24.7. The number of methoxy groups -OCH3 is 1. The predicted octanol–water partition coefficient (Wildman–Crippen LogP) is 2.41. The molecule has 0 bridgehead atoms. The molecule has 0 spiro atoms. The van der Waals surface area contributed by atoms with Crippen molar-refractivity contribution in [3.8, 4) is 5.75 Å². The molecule has 1 amide bonds. The van der Waals surface area contributed by atoms with E-state index in [0.29, 0.717) is 18.5 Å². The number of likely N-dealkylation sites (tertiary alicyclic amines) is 1. The van der Waals surface area contributed by atoms with Gasteiger partial charge in [-0.15, -0.1) is 0 Å². The van der Waals surface area contributed by atoms with Crippen LogP contribution >= 0.6 is 0 Å². The number of aldehydes is 1. The molecule has 1 heterocycles. The minimum absolute atomic E-state index is 0.191. The summed E-state index contributed by atoms with van der Waals surface area (Å²) in [5.74, 6) is 0.915. The lowest BCUT2D eigenvalue weighted by Crippen LogP contribution is -2.29. The smallest absolute Gasteiger partial charge is 0.222 e. The molecular formula is C15H19NO3. The number of hydrogen-bond acceptors (Lipinski definition) is 3. The molecule has 0 unspecified atom stereocenters. The molecule has 1 saturated heterocycles. The van der Waals surface area contributed by atoms with Crippen LogP contribution in [0.2, 0.25) is 0 Å². The van der Waals surface area contributed by atoms with E-state index >= 15 is 0 Å². The third-order valence-corrected chi connectivity index (χ3v) is 3.47. The van der Waals surface area contributed by atoms with E-state index in [9.17, 15) is 9.59 Å². The highest BCUT2D eigenvalue weighted by Gasteiger charge is 2.18. The molecule has 0 saturated carbocycles. The molecule has 1 aliphatic heterocycles. The zero-order valence-electron chi connectivity index (χ0n) is 11.2. The maximum atomic E-state index is 12.0. The highest BCUT2D eigenvalue weighted by molar-refractivity contribution is 5.77. The van der Waals surface area contributed by atoms with Gasteiger partial charge in [-0.2, -0.15) is 0 Å². The molecular weight excluding hydrogens is 242 g/mol. The second kappa shape index (κ2) is 6.36. The van der Waals surface area contributed by atoms with Crippen LogP contribution in [0, 0.1) is 0 Å². The van der Waals surface area contributed by atoms with E-state index in [1.165, 1.54) is 0 Å². The summed E-state index contributed by atoms with van der Waals surface area (Å²) >= 11 is 0. The Kier molecular flexibility index (Phi) is 4.55. The zero-order chi connectivity index (χ0) is 13.7. The molecule has 1 aromatic carbocycles. The molecule has 0 radical (unpaired) electrons. The van der Waals surface area contributed by atoms with Crippen molar-refractivity contribution in [1.29, 1.82) is 0 Å². The maximum Gasteiger partial charge on any atom is 0.222 e. The zero-order valence-corrected chi connectivity index (χ0v) is 11.2. The van der Waals surface area contributed by atoms with Gasteiger partial charge in [-0.25, -0.2) is 0 Å². The van der Waals surface area contributed by atoms with Crippen LogP contribution in [0.3, 0.4) is 0 Å². The Hall–Kier alpha value is -1.84. The van der Waals surface area contributed by atoms with Crippen LogP contribution in [-0.4, -0.2) is 30.7 Å². The summed E-state index contributed by atoms with van der Waals surface area (Å²) < 4.78 is 5.30. The SMILES string of the molecule is COc1ccc(C=O)cc1CN1CCCCCC1=O. The van der Waals surface area contributed by atoms with Crippen molar-refractivity contribution in [1.82, 2.24) is 4.90 Å². The fourth-order valence-corrected chi connectivity index (χ4v) is 2.41. The normalized spacial score (nSPS) is 16.1. The number of carbonyl (C=O) groups is 2. The summed E-state index contributed by atoms with van der Waals surface area (Å²) in [7, 11) is 1.60. The lowest BCUT2D eigenvalue weighted by Gasteiger charge is -2.22. The molecule has 4 heteroatoms.